The van der Waals surface area contributed by atoms with Crippen LogP contribution in [0.2, 0.25) is 0 Å². The largest absolute Gasteiger partial charge is 0.493 e. The summed E-state index contributed by atoms with van der Waals surface area (Å²) in [6.07, 6.45) is 0. The summed E-state index contributed by atoms with van der Waals surface area (Å²) in [5.74, 6) is 1.83. The van der Waals surface area contributed by atoms with Gasteiger partial charge in [0.1, 0.15) is 5.82 Å². The smallest absolute Gasteiger partial charge is 0.191 e. The molecule has 0 aliphatic heterocycles. The topological polar surface area (TPSA) is 58.1 Å². The predicted octanol–water partition coefficient (Wildman–Crippen LogP) is 3.82. The number of methoxy groups -OCH3 is 2. The van der Waals surface area contributed by atoms with Crippen molar-refractivity contribution in [3.8, 4) is 11.5 Å². The molecular formula is C22H32FIN4O2. The Kier molecular flexibility index (Phi) is 11.5. The summed E-state index contributed by atoms with van der Waals surface area (Å²) in [5.41, 5.74) is 1.92. The Morgan fingerprint density at radius 3 is 2.40 bits per heavy atom. The highest BCUT2D eigenvalue weighted by Crippen LogP contribution is 2.31. The number of guanidine groups is 1. The molecule has 0 fully saturated rings. The third-order valence-electron chi connectivity index (χ3n) is 4.53. The number of ether oxygens (including phenoxy) is 2. The fourth-order valence-electron chi connectivity index (χ4n) is 3.00. The van der Waals surface area contributed by atoms with Gasteiger partial charge in [0.05, 0.1) is 26.8 Å². The van der Waals surface area contributed by atoms with Crippen molar-refractivity contribution in [3.63, 3.8) is 0 Å². The molecule has 2 aromatic rings. The van der Waals surface area contributed by atoms with E-state index >= 15 is 0 Å². The van der Waals surface area contributed by atoms with E-state index < -0.39 is 0 Å². The molecule has 0 radical (unpaired) electrons. The van der Waals surface area contributed by atoms with E-state index in [1.54, 1.807) is 20.3 Å². The third kappa shape index (κ3) is 7.64. The lowest BCUT2D eigenvalue weighted by molar-refractivity contribution is 0.295. The second-order valence-corrected chi connectivity index (χ2v) is 6.80. The number of rotatable bonds is 9. The summed E-state index contributed by atoms with van der Waals surface area (Å²) in [6, 6.07) is 12.5. The van der Waals surface area contributed by atoms with Crippen LogP contribution in [0.3, 0.4) is 0 Å². The Bertz CT molecular complexity index is 817. The Hall–Kier alpha value is -2.07. The minimum Gasteiger partial charge on any atom is -0.493 e. The molecule has 0 spiro atoms. The number of nitrogens with one attached hydrogen (secondary N) is 2. The summed E-state index contributed by atoms with van der Waals surface area (Å²) in [6.45, 7) is 3.78. The van der Waals surface area contributed by atoms with Crippen molar-refractivity contribution in [2.75, 3.05) is 41.4 Å². The van der Waals surface area contributed by atoms with Gasteiger partial charge < -0.3 is 25.0 Å². The van der Waals surface area contributed by atoms with E-state index in [1.165, 1.54) is 12.1 Å². The maximum Gasteiger partial charge on any atom is 0.191 e. The van der Waals surface area contributed by atoms with Crippen LogP contribution >= 0.6 is 24.0 Å². The highest BCUT2D eigenvalue weighted by atomic mass is 127. The second kappa shape index (κ2) is 13.3. The van der Waals surface area contributed by atoms with E-state index in [0.717, 1.165) is 17.7 Å². The first-order chi connectivity index (χ1) is 14.0. The van der Waals surface area contributed by atoms with Gasteiger partial charge in [-0.25, -0.2) is 9.38 Å². The molecule has 2 N–H and O–H groups in total. The number of benzene rings is 2. The monoisotopic (exact) mass is 530 g/mol. The van der Waals surface area contributed by atoms with Gasteiger partial charge in [-0.1, -0.05) is 18.2 Å². The minimum absolute atomic E-state index is 0. The van der Waals surface area contributed by atoms with Crippen molar-refractivity contribution in [2.45, 2.75) is 19.5 Å². The molecule has 0 aliphatic carbocycles. The van der Waals surface area contributed by atoms with Crippen LogP contribution in [0.25, 0.3) is 0 Å². The van der Waals surface area contributed by atoms with Crippen molar-refractivity contribution < 1.29 is 13.9 Å². The van der Waals surface area contributed by atoms with E-state index in [9.17, 15) is 4.39 Å². The van der Waals surface area contributed by atoms with Crippen LogP contribution in [0.4, 0.5) is 4.39 Å². The molecule has 30 heavy (non-hydrogen) atoms. The molecule has 6 nitrogen and oxygen atoms in total. The molecule has 0 saturated heterocycles. The van der Waals surface area contributed by atoms with Crippen LogP contribution in [-0.4, -0.2) is 52.3 Å². The molecule has 166 valence electrons. The van der Waals surface area contributed by atoms with Crippen LogP contribution in [0, 0.1) is 5.82 Å². The lowest BCUT2D eigenvalue weighted by Gasteiger charge is -2.26. The van der Waals surface area contributed by atoms with E-state index in [2.05, 4.69) is 20.5 Å². The Balaban J connectivity index is 0.00000450. The van der Waals surface area contributed by atoms with Crippen molar-refractivity contribution in [3.05, 3.63) is 59.4 Å². The summed E-state index contributed by atoms with van der Waals surface area (Å²) >= 11 is 0. The molecule has 0 heterocycles. The molecule has 0 aliphatic rings. The summed E-state index contributed by atoms with van der Waals surface area (Å²) in [5, 5.41) is 6.62. The SMILES string of the molecule is CCNC(=NCc1cccc(F)c1)NCC(c1ccc(OC)c(OC)c1)N(C)C.I. The molecule has 0 amide bonds. The van der Waals surface area contributed by atoms with Gasteiger partial charge in [-0.3, -0.25) is 0 Å². The molecule has 2 rings (SSSR count). The van der Waals surface area contributed by atoms with Gasteiger partial charge in [0.25, 0.3) is 0 Å². The highest BCUT2D eigenvalue weighted by molar-refractivity contribution is 14.0. The highest BCUT2D eigenvalue weighted by Gasteiger charge is 2.17. The van der Waals surface area contributed by atoms with Crippen LogP contribution < -0.4 is 20.1 Å². The predicted molar refractivity (Wildman–Crippen MR) is 131 cm³/mol. The second-order valence-electron chi connectivity index (χ2n) is 6.80. The minimum atomic E-state index is -0.253. The zero-order valence-corrected chi connectivity index (χ0v) is 20.6. The lowest BCUT2D eigenvalue weighted by Crippen LogP contribution is -2.41. The Morgan fingerprint density at radius 1 is 1.07 bits per heavy atom. The van der Waals surface area contributed by atoms with Crippen molar-refractivity contribution in [1.29, 1.82) is 0 Å². The average molecular weight is 530 g/mol. The number of aliphatic imine (C=N–C) groups is 1. The summed E-state index contributed by atoms with van der Waals surface area (Å²) < 4.78 is 24.2. The van der Waals surface area contributed by atoms with Gasteiger partial charge in [0.15, 0.2) is 17.5 Å². The van der Waals surface area contributed by atoms with E-state index in [4.69, 9.17) is 9.47 Å². The quantitative estimate of drug-likeness (QED) is 0.294. The number of nitrogens with zero attached hydrogens (tertiary/aromatic N) is 2. The van der Waals surface area contributed by atoms with Gasteiger partial charge in [-0.2, -0.15) is 0 Å². The van der Waals surface area contributed by atoms with E-state index in [0.29, 0.717) is 30.5 Å². The van der Waals surface area contributed by atoms with Crippen molar-refractivity contribution >= 4 is 29.9 Å². The first-order valence-electron chi connectivity index (χ1n) is 9.63. The molecule has 0 aromatic heterocycles. The number of hydrogen-bond donors (Lipinski definition) is 2. The Labute approximate surface area is 195 Å². The summed E-state index contributed by atoms with van der Waals surface area (Å²) in [4.78, 5) is 6.70. The van der Waals surface area contributed by atoms with Crippen LogP contribution in [0.1, 0.15) is 24.1 Å². The fraction of sp³-hybridized carbons (Fsp3) is 0.409. The number of halogens is 2. The molecule has 0 saturated carbocycles. The first-order valence-corrected chi connectivity index (χ1v) is 9.63. The van der Waals surface area contributed by atoms with Gasteiger partial charge in [0, 0.05) is 13.1 Å². The Morgan fingerprint density at radius 2 is 1.80 bits per heavy atom. The lowest BCUT2D eigenvalue weighted by atomic mass is 10.1. The normalized spacial score (nSPS) is 12.2. The molecule has 1 unspecified atom stereocenters. The van der Waals surface area contributed by atoms with Gasteiger partial charge in [0.2, 0.25) is 0 Å². The van der Waals surface area contributed by atoms with E-state index in [1.807, 2.05) is 45.3 Å². The number of hydrogen-bond acceptors (Lipinski definition) is 4. The fourth-order valence-corrected chi connectivity index (χ4v) is 3.00. The van der Waals surface area contributed by atoms with Gasteiger partial charge >= 0.3 is 0 Å². The standard InChI is InChI=1S/C22H31FN4O2.HI/c1-6-24-22(25-14-16-8-7-9-18(23)12-16)26-15-19(27(2)3)17-10-11-20(28-4)21(13-17)29-5;/h7-13,19H,6,14-15H2,1-5H3,(H2,24,25,26);1H. The first kappa shape index (κ1) is 26.0. The average Bonchev–Trinajstić information content (AvgIpc) is 2.71. The molecular weight excluding hydrogens is 498 g/mol. The van der Waals surface area contributed by atoms with Gasteiger partial charge in [-0.15, -0.1) is 24.0 Å². The molecule has 0 bridgehead atoms. The third-order valence-corrected chi connectivity index (χ3v) is 4.53. The molecule has 2 aromatic carbocycles. The van der Waals surface area contributed by atoms with Crippen LogP contribution in [-0.2, 0) is 6.54 Å². The van der Waals surface area contributed by atoms with Gasteiger partial charge in [-0.05, 0) is 56.4 Å². The zero-order valence-electron chi connectivity index (χ0n) is 18.2. The maximum absolute atomic E-state index is 13.4. The van der Waals surface area contributed by atoms with Crippen molar-refractivity contribution in [2.24, 2.45) is 4.99 Å². The number of likely N-dealkylation sites (N-methyl/N-ethyl adjacent to an activating group) is 1. The van der Waals surface area contributed by atoms with E-state index in [-0.39, 0.29) is 35.8 Å². The van der Waals surface area contributed by atoms with Crippen LogP contribution in [0.15, 0.2) is 47.5 Å². The van der Waals surface area contributed by atoms with Crippen molar-refractivity contribution in [1.82, 2.24) is 15.5 Å². The molecule has 1 atom stereocenters. The zero-order chi connectivity index (χ0) is 21.2. The summed E-state index contributed by atoms with van der Waals surface area (Å²) in [7, 11) is 7.31. The van der Waals surface area contributed by atoms with Crippen LogP contribution in [0.5, 0.6) is 11.5 Å². The molecule has 8 heteroatoms. The maximum atomic E-state index is 13.4.